The van der Waals surface area contributed by atoms with Crippen molar-refractivity contribution in [3.05, 3.63) is 34.9 Å². The van der Waals surface area contributed by atoms with E-state index < -0.39 is 0 Å². The second-order valence-corrected chi connectivity index (χ2v) is 5.97. The van der Waals surface area contributed by atoms with Crippen molar-refractivity contribution in [1.29, 1.82) is 0 Å². The van der Waals surface area contributed by atoms with Crippen molar-refractivity contribution in [2.45, 2.75) is 34.1 Å². The number of carbonyl (C=O) groups is 1. The average Bonchev–Trinajstić information content (AvgIpc) is 2.32. The molecule has 1 N–H and O–H groups in total. The Balaban J connectivity index is 2.60. The zero-order valence-corrected chi connectivity index (χ0v) is 12.7. The highest BCUT2D eigenvalue weighted by Gasteiger charge is 2.19. The third-order valence-corrected chi connectivity index (χ3v) is 3.19. The Bertz CT molecular complexity index is 418. The Labute approximate surface area is 116 Å². The molecule has 0 bridgehead atoms. The van der Waals surface area contributed by atoms with Crippen molar-refractivity contribution in [1.82, 2.24) is 5.32 Å². The molecule has 3 heteroatoms. The van der Waals surface area contributed by atoms with Gasteiger partial charge in [0.2, 0.25) is 0 Å². The maximum Gasteiger partial charge on any atom is 0.251 e. The molecule has 0 aliphatic carbocycles. The first-order valence-corrected chi connectivity index (χ1v) is 6.69. The molecule has 0 fully saturated rings. The number of benzene rings is 1. The molecule has 0 aromatic heterocycles. The van der Waals surface area contributed by atoms with Gasteiger partial charge in [0, 0.05) is 25.8 Å². The van der Waals surface area contributed by atoms with E-state index in [0.29, 0.717) is 13.2 Å². The molecule has 1 aromatic rings. The van der Waals surface area contributed by atoms with Crippen LogP contribution in [-0.2, 0) is 4.74 Å². The van der Waals surface area contributed by atoms with Gasteiger partial charge < -0.3 is 10.1 Å². The minimum absolute atomic E-state index is 0.00251. The van der Waals surface area contributed by atoms with Gasteiger partial charge in [-0.15, -0.1) is 0 Å². The van der Waals surface area contributed by atoms with Crippen molar-refractivity contribution in [3.8, 4) is 0 Å². The number of methoxy groups -OCH3 is 1. The fourth-order valence-corrected chi connectivity index (χ4v) is 1.99. The summed E-state index contributed by atoms with van der Waals surface area (Å²) in [7, 11) is 1.70. The van der Waals surface area contributed by atoms with Crippen LogP contribution in [0.1, 0.15) is 41.8 Å². The third kappa shape index (κ3) is 5.43. The predicted octanol–water partition coefficient (Wildman–Crippen LogP) is 3.10. The van der Waals surface area contributed by atoms with E-state index >= 15 is 0 Å². The minimum atomic E-state index is -0.00251. The van der Waals surface area contributed by atoms with Crippen molar-refractivity contribution in [2.24, 2.45) is 5.41 Å². The highest BCUT2D eigenvalue weighted by Crippen LogP contribution is 2.19. The summed E-state index contributed by atoms with van der Waals surface area (Å²) in [6, 6.07) is 5.91. The van der Waals surface area contributed by atoms with Gasteiger partial charge >= 0.3 is 0 Å². The van der Waals surface area contributed by atoms with Crippen LogP contribution in [0.15, 0.2) is 18.2 Å². The zero-order chi connectivity index (χ0) is 14.5. The number of aryl methyl sites for hydroxylation is 2. The molecule has 0 aliphatic rings. The lowest BCUT2D eigenvalue weighted by Gasteiger charge is -2.24. The number of rotatable bonds is 6. The minimum Gasteiger partial charge on any atom is -0.385 e. The van der Waals surface area contributed by atoms with Gasteiger partial charge in [0.25, 0.3) is 5.91 Å². The molecule has 0 radical (unpaired) electrons. The van der Waals surface area contributed by atoms with E-state index in [2.05, 4.69) is 25.2 Å². The third-order valence-electron chi connectivity index (χ3n) is 3.19. The van der Waals surface area contributed by atoms with E-state index in [4.69, 9.17) is 4.74 Å². The quantitative estimate of drug-likeness (QED) is 0.856. The molecular formula is C16H25NO2. The number of hydrogen-bond donors (Lipinski definition) is 1. The van der Waals surface area contributed by atoms with E-state index in [9.17, 15) is 4.79 Å². The van der Waals surface area contributed by atoms with Crippen LogP contribution in [0.2, 0.25) is 0 Å². The van der Waals surface area contributed by atoms with Gasteiger partial charge in [0.1, 0.15) is 0 Å². The Morgan fingerprint density at radius 2 is 1.79 bits per heavy atom. The SMILES string of the molecule is COCCC(C)(C)CNC(=O)c1cc(C)cc(C)c1. The summed E-state index contributed by atoms with van der Waals surface area (Å²) in [6.07, 6.45) is 0.927. The summed E-state index contributed by atoms with van der Waals surface area (Å²) in [5.41, 5.74) is 3.01. The molecule has 106 valence electrons. The normalized spacial score (nSPS) is 11.4. The molecule has 0 atom stereocenters. The summed E-state index contributed by atoms with van der Waals surface area (Å²) in [4.78, 5) is 12.1. The number of nitrogens with one attached hydrogen (secondary N) is 1. The predicted molar refractivity (Wildman–Crippen MR) is 78.5 cm³/mol. The molecule has 0 unspecified atom stereocenters. The Hall–Kier alpha value is -1.35. The van der Waals surface area contributed by atoms with Crippen LogP contribution in [0.4, 0.5) is 0 Å². The lowest BCUT2D eigenvalue weighted by Crippen LogP contribution is -2.34. The highest BCUT2D eigenvalue weighted by atomic mass is 16.5. The smallest absolute Gasteiger partial charge is 0.251 e. The first kappa shape index (κ1) is 15.7. The van der Waals surface area contributed by atoms with E-state index in [1.807, 2.05) is 26.0 Å². The van der Waals surface area contributed by atoms with Crippen molar-refractivity contribution >= 4 is 5.91 Å². The van der Waals surface area contributed by atoms with Crippen LogP contribution in [-0.4, -0.2) is 26.2 Å². The number of hydrogen-bond acceptors (Lipinski definition) is 2. The van der Waals surface area contributed by atoms with Crippen LogP contribution in [0.3, 0.4) is 0 Å². The summed E-state index contributed by atoms with van der Waals surface area (Å²) >= 11 is 0. The molecule has 1 rings (SSSR count). The topological polar surface area (TPSA) is 38.3 Å². The second-order valence-electron chi connectivity index (χ2n) is 5.97. The molecule has 0 spiro atoms. The van der Waals surface area contributed by atoms with Gasteiger partial charge in [-0.05, 0) is 37.8 Å². The maximum absolute atomic E-state index is 12.1. The van der Waals surface area contributed by atoms with Crippen molar-refractivity contribution < 1.29 is 9.53 Å². The van der Waals surface area contributed by atoms with Gasteiger partial charge in [0.15, 0.2) is 0 Å². The molecule has 0 aliphatic heterocycles. The van der Waals surface area contributed by atoms with Crippen molar-refractivity contribution in [2.75, 3.05) is 20.3 Å². The molecule has 3 nitrogen and oxygen atoms in total. The zero-order valence-electron chi connectivity index (χ0n) is 12.7. The maximum atomic E-state index is 12.1. The molecule has 1 amide bonds. The Morgan fingerprint density at radius 1 is 1.21 bits per heavy atom. The highest BCUT2D eigenvalue weighted by molar-refractivity contribution is 5.94. The summed E-state index contributed by atoms with van der Waals surface area (Å²) in [5, 5.41) is 3.01. The number of amides is 1. The van der Waals surface area contributed by atoms with E-state index in [1.165, 1.54) is 0 Å². The molecule has 0 heterocycles. The molecule has 0 saturated heterocycles. The van der Waals surface area contributed by atoms with Crippen LogP contribution < -0.4 is 5.32 Å². The summed E-state index contributed by atoms with van der Waals surface area (Å²) in [6.45, 7) is 9.65. The lowest BCUT2D eigenvalue weighted by atomic mass is 9.89. The van der Waals surface area contributed by atoms with Crippen LogP contribution in [0, 0.1) is 19.3 Å². The Kier molecular flexibility index (Phi) is 5.55. The van der Waals surface area contributed by atoms with Gasteiger partial charge in [-0.1, -0.05) is 31.0 Å². The number of ether oxygens (including phenoxy) is 1. The van der Waals surface area contributed by atoms with E-state index in [1.54, 1.807) is 7.11 Å². The standard InChI is InChI=1S/C16H25NO2/c1-12-8-13(2)10-14(9-12)15(18)17-11-16(3,4)6-7-19-5/h8-10H,6-7,11H2,1-5H3,(H,17,18). The number of carbonyl (C=O) groups excluding carboxylic acids is 1. The fraction of sp³-hybridized carbons (Fsp3) is 0.562. The largest absolute Gasteiger partial charge is 0.385 e. The van der Waals surface area contributed by atoms with Gasteiger partial charge in [0.05, 0.1) is 0 Å². The second kappa shape index (κ2) is 6.71. The average molecular weight is 263 g/mol. The van der Waals surface area contributed by atoms with Gasteiger partial charge in [-0.2, -0.15) is 0 Å². The monoisotopic (exact) mass is 263 g/mol. The van der Waals surface area contributed by atoms with Gasteiger partial charge in [-0.25, -0.2) is 0 Å². The molecule has 1 aromatic carbocycles. The fourth-order valence-electron chi connectivity index (χ4n) is 1.99. The Morgan fingerprint density at radius 3 is 2.32 bits per heavy atom. The van der Waals surface area contributed by atoms with Crippen LogP contribution in [0.5, 0.6) is 0 Å². The van der Waals surface area contributed by atoms with Crippen LogP contribution in [0.25, 0.3) is 0 Å². The van der Waals surface area contributed by atoms with E-state index in [0.717, 1.165) is 23.1 Å². The lowest BCUT2D eigenvalue weighted by molar-refractivity contribution is 0.0921. The van der Waals surface area contributed by atoms with E-state index in [-0.39, 0.29) is 11.3 Å². The van der Waals surface area contributed by atoms with Crippen molar-refractivity contribution in [3.63, 3.8) is 0 Å². The first-order chi connectivity index (χ1) is 8.84. The van der Waals surface area contributed by atoms with Gasteiger partial charge in [-0.3, -0.25) is 4.79 Å². The molecule has 19 heavy (non-hydrogen) atoms. The summed E-state index contributed by atoms with van der Waals surface area (Å²) in [5.74, 6) is -0.00251. The molecule has 0 saturated carbocycles. The molecular weight excluding hydrogens is 238 g/mol. The first-order valence-electron chi connectivity index (χ1n) is 6.69. The summed E-state index contributed by atoms with van der Waals surface area (Å²) < 4.78 is 5.09. The van der Waals surface area contributed by atoms with Crippen LogP contribution >= 0.6 is 0 Å².